The van der Waals surface area contributed by atoms with E-state index in [1.165, 1.54) is 18.2 Å². The van der Waals surface area contributed by atoms with Gasteiger partial charge in [0.2, 0.25) is 0 Å². The highest BCUT2D eigenvalue weighted by Crippen LogP contribution is 2.22. The third kappa shape index (κ3) is 4.26. The molecule has 1 saturated heterocycles. The lowest BCUT2D eigenvalue weighted by Gasteiger charge is -2.32. The van der Waals surface area contributed by atoms with Crippen molar-refractivity contribution >= 4 is 11.9 Å². The van der Waals surface area contributed by atoms with Crippen molar-refractivity contribution in [2.24, 2.45) is 0 Å². The van der Waals surface area contributed by atoms with Gasteiger partial charge in [0.25, 0.3) is 5.91 Å². The number of piperidine rings is 1. The standard InChI is InChI=1S/C16H15F3N2O3/c1-2-11-4-3-5-12(10-11)14(22)21(13-6-8-20-9-7-13)24-15(23)16(17,18)19/h1,3-5,10,13,20H,6-9H2. The number of carbonyl (C=O) groups is 2. The molecule has 0 saturated carbocycles. The fourth-order valence-electron chi connectivity index (χ4n) is 2.33. The van der Waals surface area contributed by atoms with E-state index < -0.39 is 24.1 Å². The van der Waals surface area contributed by atoms with Gasteiger partial charge in [0.15, 0.2) is 0 Å². The predicted octanol–water partition coefficient (Wildman–Crippen LogP) is 1.88. The Morgan fingerprint density at radius 2 is 1.96 bits per heavy atom. The summed E-state index contributed by atoms with van der Waals surface area (Å²) in [6.07, 6.45) is 0.803. The first kappa shape index (κ1) is 17.8. The van der Waals surface area contributed by atoms with E-state index in [9.17, 15) is 22.8 Å². The zero-order valence-corrected chi connectivity index (χ0v) is 12.6. The normalized spacial score (nSPS) is 15.4. The molecule has 1 aromatic rings. The van der Waals surface area contributed by atoms with Crippen LogP contribution >= 0.6 is 0 Å². The maximum absolute atomic E-state index is 12.6. The molecule has 128 valence electrons. The summed E-state index contributed by atoms with van der Waals surface area (Å²) in [7, 11) is 0. The topological polar surface area (TPSA) is 58.6 Å². The van der Waals surface area contributed by atoms with Gasteiger partial charge in [-0.3, -0.25) is 4.79 Å². The predicted molar refractivity (Wildman–Crippen MR) is 78.6 cm³/mol. The van der Waals surface area contributed by atoms with E-state index in [4.69, 9.17) is 6.42 Å². The number of hydrogen-bond acceptors (Lipinski definition) is 4. The van der Waals surface area contributed by atoms with E-state index in [2.05, 4.69) is 16.1 Å². The second kappa shape index (κ2) is 7.36. The van der Waals surface area contributed by atoms with Gasteiger partial charge in [0, 0.05) is 11.1 Å². The van der Waals surface area contributed by atoms with Crippen LogP contribution in [0.1, 0.15) is 28.8 Å². The minimum Gasteiger partial charge on any atom is -0.329 e. The average molecular weight is 340 g/mol. The fourth-order valence-corrected chi connectivity index (χ4v) is 2.33. The Kier molecular flexibility index (Phi) is 5.46. The summed E-state index contributed by atoms with van der Waals surface area (Å²) >= 11 is 0. The number of carbonyl (C=O) groups excluding carboxylic acids is 2. The summed E-state index contributed by atoms with van der Waals surface area (Å²) in [4.78, 5) is 28.1. The molecule has 0 radical (unpaired) electrons. The summed E-state index contributed by atoms with van der Waals surface area (Å²) in [5, 5.41) is 3.54. The highest BCUT2D eigenvalue weighted by Gasteiger charge is 2.44. The largest absolute Gasteiger partial charge is 0.493 e. The van der Waals surface area contributed by atoms with Crippen LogP contribution in [0, 0.1) is 12.3 Å². The van der Waals surface area contributed by atoms with Gasteiger partial charge in [-0.25, -0.2) is 4.79 Å². The van der Waals surface area contributed by atoms with Crippen molar-refractivity contribution in [3.63, 3.8) is 0 Å². The van der Waals surface area contributed by atoms with Crippen LogP contribution < -0.4 is 5.32 Å². The van der Waals surface area contributed by atoms with Crippen LogP contribution in [-0.4, -0.2) is 42.2 Å². The molecule has 1 heterocycles. The summed E-state index contributed by atoms with van der Waals surface area (Å²) in [6, 6.07) is 5.21. The van der Waals surface area contributed by atoms with Crippen molar-refractivity contribution in [3.05, 3.63) is 35.4 Å². The van der Waals surface area contributed by atoms with E-state index in [1.807, 2.05) is 0 Å². The van der Waals surface area contributed by atoms with Crippen molar-refractivity contribution in [1.82, 2.24) is 10.4 Å². The molecule has 1 fully saturated rings. The molecule has 1 aromatic carbocycles. The SMILES string of the molecule is C#Cc1cccc(C(=O)N(OC(=O)C(F)(F)F)C2CCNCC2)c1. The molecule has 0 bridgehead atoms. The lowest BCUT2D eigenvalue weighted by Crippen LogP contribution is -2.48. The molecular formula is C16H15F3N2O3. The van der Waals surface area contributed by atoms with Crippen LogP contribution in [0.3, 0.4) is 0 Å². The molecular weight excluding hydrogens is 325 g/mol. The summed E-state index contributed by atoms with van der Waals surface area (Å²) < 4.78 is 37.5. The maximum Gasteiger partial charge on any atom is 0.493 e. The molecule has 0 spiro atoms. The Morgan fingerprint density at radius 3 is 2.54 bits per heavy atom. The third-order valence-electron chi connectivity index (χ3n) is 3.53. The first-order valence-electron chi connectivity index (χ1n) is 7.23. The molecule has 0 atom stereocenters. The Morgan fingerprint density at radius 1 is 1.29 bits per heavy atom. The molecule has 1 N–H and O–H groups in total. The van der Waals surface area contributed by atoms with Crippen molar-refractivity contribution in [2.75, 3.05) is 13.1 Å². The third-order valence-corrected chi connectivity index (χ3v) is 3.53. The van der Waals surface area contributed by atoms with Crippen LogP contribution in [0.2, 0.25) is 0 Å². The summed E-state index contributed by atoms with van der Waals surface area (Å²) in [6.45, 7) is 1.00. The number of hydrogen-bond donors (Lipinski definition) is 1. The lowest BCUT2D eigenvalue weighted by molar-refractivity contribution is -0.235. The molecule has 24 heavy (non-hydrogen) atoms. The second-order valence-electron chi connectivity index (χ2n) is 5.21. The minimum absolute atomic E-state index is 0.0546. The molecule has 1 amide bonds. The molecule has 1 aliphatic heterocycles. The monoisotopic (exact) mass is 340 g/mol. The lowest BCUT2D eigenvalue weighted by atomic mass is 10.0. The van der Waals surface area contributed by atoms with E-state index in [0.29, 0.717) is 36.6 Å². The van der Waals surface area contributed by atoms with Crippen LogP contribution in [0.4, 0.5) is 13.2 Å². The highest BCUT2D eigenvalue weighted by molar-refractivity contribution is 5.95. The van der Waals surface area contributed by atoms with Gasteiger partial charge >= 0.3 is 12.1 Å². The van der Waals surface area contributed by atoms with Crippen LogP contribution in [-0.2, 0) is 9.63 Å². The first-order valence-corrected chi connectivity index (χ1v) is 7.23. The first-order chi connectivity index (χ1) is 11.3. The number of halogens is 3. The summed E-state index contributed by atoms with van der Waals surface area (Å²) in [5.74, 6) is -0.927. The Balaban J connectivity index is 2.28. The number of nitrogens with zero attached hydrogens (tertiary/aromatic N) is 1. The molecule has 0 aliphatic carbocycles. The Hall–Kier alpha value is -2.53. The van der Waals surface area contributed by atoms with Crippen LogP contribution in [0.25, 0.3) is 0 Å². The van der Waals surface area contributed by atoms with Gasteiger partial charge in [-0.15, -0.1) is 6.42 Å². The molecule has 5 nitrogen and oxygen atoms in total. The summed E-state index contributed by atoms with van der Waals surface area (Å²) in [5.41, 5.74) is 0.451. The van der Waals surface area contributed by atoms with E-state index in [1.54, 1.807) is 6.07 Å². The fraction of sp³-hybridized carbons (Fsp3) is 0.375. The zero-order chi connectivity index (χ0) is 17.7. The number of hydroxylamine groups is 2. The van der Waals surface area contributed by atoms with Crippen molar-refractivity contribution in [1.29, 1.82) is 0 Å². The molecule has 1 aliphatic rings. The quantitative estimate of drug-likeness (QED) is 0.660. The Labute approximate surface area is 136 Å². The Bertz CT molecular complexity index is 661. The van der Waals surface area contributed by atoms with Gasteiger partial charge in [-0.05, 0) is 44.1 Å². The average Bonchev–Trinajstić information content (AvgIpc) is 2.58. The number of rotatable bonds is 2. The van der Waals surface area contributed by atoms with Crippen LogP contribution in [0.5, 0.6) is 0 Å². The van der Waals surface area contributed by atoms with Gasteiger partial charge in [-0.2, -0.15) is 18.2 Å². The van der Waals surface area contributed by atoms with Crippen LogP contribution in [0.15, 0.2) is 24.3 Å². The number of terminal acetylenes is 1. The van der Waals surface area contributed by atoms with E-state index in [0.717, 1.165) is 0 Å². The minimum atomic E-state index is -5.19. The van der Waals surface area contributed by atoms with Gasteiger partial charge in [0.1, 0.15) is 0 Å². The number of nitrogens with one attached hydrogen (secondary N) is 1. The molecule has 2 rings (SSSR count). The molecule has 8 heteroatoms. The molecule has 0 unspecified atom stereocenters. The number of benzene rings is 1. The van der Waals surface area contributed by atoms with Crippen molar-refractivity contribution in [2.45, 2.75) is 25.1 Å². The van der Waals surface area contributed by atoms with Gasteiger partial charge < -0.3 is 10.2 Å². The number of alkyl halides is 3. The van der Waals surface area contributed by atoms with Crippen molar-refractivity contribution < 1.29 is 27.6 Å². The molecule has 0 aromatic heterocycles. The highest BCUT2D eigenvalue weighted by atomic mass is 19.4. The maximum atomic E-state index is 12.6. The second-order valence-corrected chi connectivity index (χ2v) is 5.21. The zero-order valence-electron chi connectivity index (χ0n) is 12.6. The van der Waals surface area contributed by atoms with Gasteiger partial charge in [0.05, 0.1) is 6.04 Å². The van der Waals surface area contributed by atoms with E-state index >= 15 is 0 Å². The number of amides is 1. The van der Waals surface area contributed by atoms with Crippen molar-refractivity contribution in [3.8, 4) is 12.3 Å². The smallest absolute Gasteiger partial charge is 0.329 e. The van der Waals surface area contributed by atoms with Gasteiger partial charge in [-0.1, -0.05) is 12.0 Å². The van der Waals surface area contributed by atoms with E-state index in [-0.39, 0.29) is 5.56 Å².